The second-order valence-corrected chi connectivity index (χ2v) is 4.14. The van der Waals surface area contributed by atoms with Crippen molar-refractivity contribution in [1.82, 2.24) is 0 Å². The van der Waals surface area contributed by atoms with E-state index in [4.69, 9.17) is 9.47 Å². The summed E-state index contributed by atoms with van der Waals surface area (Å²) in [7, 11) is 0. The molecule has 0 radical (unpaired) electrons. The second-order valence-electron chi connectivity index (χ2n) is 4.14. The molecule has 112 valence electrons. The summed E-state index contributed by atoms with van der Waals surface area (Å²) in [5.41, 5.74) is 0.328. The first-order valence-corrected chi connectivity index (χ1v) is 6.53. The lowest BCUT2D eigenvalue weighted by Gasteiger charge is -2.19. The molecular weight excluding hydrogens is 277 g/mol. The minimum absolute atomic E-state index is 0.0932. The summed E-state index contributed by atoms with van der Waals surface area (Å²) < 4.78 is 22.7. The molecule has 6 heteroatoms. The lowest BCUT2D eigenvalue weighted by atomic mass is 9.87. The lowest BCUT2D eigenvalue weighted by Crippen LogP contribution is -2.30. The Hall–Kier alpha value is -2.42. The Kier molecular flexibility index (Phi) is 6.34. The molecule has 0 bridgehead atoms. The Morgan fingerprint density at radius 2 is 1.67 bits per heavy atom. The average molecular weight is 293 g/mol. The molecule has 0 saturated heterocycles. The van der Waals surface area contributed by atoms with E-state index in [-0.39, 0.29) is 13.2 Å². The molecule has 5 nitrogen and oxygen atoms in total. The number of carbonyl (C=O) groups is 2. The van der Waals surface area contributed by atoms with E-state index in [1.54, 1.807) is 19.9 Å². The largest absolute Gasteiger partial charge is 0.465 e. The van der Waals surface area contributed by atoms with Crippen LogP contribution in [0.25, 0.3) is 0 Å². The molecule has 2 atom stereocenters. The van der Waals surface area contributed by atoms with Gasteiger partial charge in [0, 0.05) is 0 Å². The van der Waals surface area contributed by atoms with Crippen molar-refractivity contribution in [3.05, 3.63) is 35.6 Å². The zero-order chi connectivity index (χ0) is 15.8. The molecule has 0 aliphatic rings. The smallest absolute Gasteiger partial charge is 0.324 e. The highest BCUT2D eigenvalue weighted by Crippen LogP contribution is 2.27. The molecule has 0 spiro atoms. The summed E-state index contributed by atoms with van der Waals surface area (Å²) in [4.78, 5) is 23.9. The van der Waals surface area contributed by atoms with Gasteiger partial charge in [-0.05, 0) is 31.5 Å². The topological polar surface area (TPSA) is 76.4 Å². The third-order valence-corrected chi connectivity index (χ3v) is 2.78. The average Bonchev–Trinajstić information content (AvgIpc) is 2.46. The second kappa shape index (κ2) is 8.00. The van der Waals surface area contributed by atoms with Gasteiger partial charge in [-0.25, -0.2) is 4.39 Å². The normalized spacial score (nSPS) is 12.9. The molecule has 0 fully saturated rings. The highest BCUT2D eigenvalue weighted by atomic mass is 19.1. The van der Waals surface area contributed by atoms with Gasteiger partial charge in [0.25, 0.3) is 0 Å². The third kappa shape index (κ3) is 4.28. The number of nitrogens with zero attached hydrogens (tertiary/aromatic N) is 1. The van der Waals surface area contributed by atoms with Crippen LogP contribution in [0.15, 0.2) is 24.3 Å². The molecule has 0 aromatic heterocycles. The summed E-state index contributed by atoms with van der Waals surface area (Å²) in [5, 5.41) is 9.19. The van der Waals surface area contributed by atoms with Crippen molar-refractivity contribution in [1.29, 1.82) is 5.26 Å². The lowest BCUT2D eigenvalue weighted by molar-refractivity contribution is -0.154. The maximum absolute atomic E-state index is 13.0. The molecule has 0 heterocycles. The van der Waals surface area contributed by atoms with Crippen LogP contribution >= 0.6 is 0 Å². The van der Waals surface area contributed by atoms with Gasteiger partial charge in [0.05, 0.1) is 19.3 Å². The van der Waals surface area contributed by atoms with Crippen LogP contribution in [0.4, 0.5) is 4.39 Å². The monoisotopic (exact) mass is 293 g/mol. The molecule has 0 amide bonds. The van der Waals surface area contributed by atoms with Gasteiger partial charge in [-0.2, -0.15) is 5.26 Å². The van der Waals surface area contributed by atoms with Gasteiger partial charge in [-0.15, -0.1) is 0 Å². The zero-order valence-corrected chi connectivity index (χ0v) is 11.8. The molecule has 0 aliphatic heterocycles. The first-order valence-electron chi connectivity index (χ1n) is 6.53. The van der Waals surface area contributed by atoms with Gasteiger partial charge in [0.1, 0.15) is 11.7 Å². The number of benzene rings is 1. The Morgan fingerprint density at radius 3 is 2.14 bits per heavy atom. The number of nitriles is 1. The van der Waals surface area contributed by atoms with Crippen molar-refractivity contribution in [2.45, 2.75) is 19.8 Å². The van der Waals surface area contributed by atoms with Crippen molar-refractivity contribution in [3.63, 3.8) is 0 Å². The fourth-order valence-corrected chi connectivity index (χ4v) is 1.86. The zero-order valence-electron chi connectivity index (χ0n) is 11.8. The summed E-state index contributed by atoms with van der Waals surface area (Å²) in [6.45, 7) is 3.42. The van der Waals surface area contributed by atoms with Crippen molar-refractivity contribution in [2.24, 2.45) is 5.92 Å². The SMILES string of the molecule is CCOC(=O)C(C#N)C(C(=O)OCC)c1ccc(F)cc1. The number of rotatable bonds is 6. The van der Waals surface area contributed by atoms with Crippen LogP contribution in [-0.4, -0.2) is 25.2 Å². The van der Waals surface area contributed by atoms with Gasteiger partial charge < -0.3 is 9.47 Å². The van der Waals surface area contributed by atoms with Crippen LogP contribution in [0.3, 0.4) is 0 Å². The molecular formula is C15H16FNO4. The molecule has 1 aromatic carbocycles. The predicted octanol–water partition coefficient (Wildman–Crippen LogP) is 2.18. The Balaban J connectivity index is 3.18. The first kappa shape index (κ1) is 16.6. The summed E-state index contributed by atoms with van der Waals surface area (Å²) in [6, 6.07) is 6.77. The Morgan fingerprint density at radius 1 is 1.14 bits per heavy atom. The predicted molar refractivity (Wildman–Crippen MR) is 71.5 cm³/mol. The number of halogens is 1. The summed E-state index contributed by atoms with van der Waals surface area (Å²) in [5.74, 6) is -4.49. The van der Waals surface area contributed by atoms with Crippen LogP contribution in [-0.2, 0) is 19.1 Å². The number of esters is 2. The van der Waals surface area contributed by atoms with E-state index < -0.39 is 29.6 Å². The minimum atomic E-state index is -1.34. The minimum Gasteiger partial charge on any atom is -0.465 e. The van der Waals surface area contributed by atoms with Crippen LogP contribution in [0.1, 0.15) is 25.3 Å². The number of carbonyl (C=O) groups excluding carboxylic acids is 2. The molecule has 0 saturated carbocycles. The van der Waals surface area contributed by atoms with Crippen LogP contribution in [0.2, 0.25) is 0 Å². The van der Waals surface area contributed by atoms with Crippen molar-refractivity contribution < 1.29 is 23.5 Å². The van der Waals surface area contributed by atoms with E-state index in [9.17, 15) is 19.2 Å². The molecule has 0 aliphatic carbocycles. The first-order chi connectivity index (χ1) is 10.0. The number of hydrogen-bond acceptors (Lipinski definition) is 5. The van der Waals surface area contributed by atoms with E-state index in [1.807, 2.05) is 0 Å². The van der Waals surface area contributed by atoms with E-state index in [2.05, 4.69) is 0 Å². The summed E-state index contributed by atoms with van der Waals surface area (Å²) in [6.07, 6.45) is 0. The highest BCUT2D eigenvalue weighted by Gasteiger charge is 2.37. The third-order valence-electron chi connectivity index (χ3n) is 2.78. The molecule has 2 unspecified atom stereocenters. The van der Waals surface area contributed by atoms with Crippen LogP contribution in [0, 0.1) is 23.1 Å². The van der Waals surface area contributed by atoms with E-state index >= 15 is 0 Å². The van der Waals surface area contributed by atoms with Crippen molar-refractivity contribution in [2.75, 3.05) is 13.2 Å². The summed E-state index contributed by atoms with van der Waals surface area (Å²) >= 11 is 0. The van der Waals surface area contributed by atoms with Gasteiger partial charge in [-0.1, -0.05) is 12.1 Å². The fraction of sp³-hybridized carbons (Fsp3) is 0.400. The van der Waals surface area contributed by atoms with Crippen LogP contribution < -0.4 is 0 Å². The van der Waals surface area contributed by atoms with E-state index in [0.29, 0.717) is 5.56 Å². The fourth-order valence-electron chi connectivity index (χ4n) is 1.86. The van der Waals surface area contributed by atoms with Crippen molar-refractivity contribution >= 4 is 11.9 Å². The van der Waals surface area contributed by atoms with Gasteiger partial charge in [-0.3, -0.25) is 9.59 Å². The maximum atomic E-state index is 13.0. The molecule has 0 N–H and O–H groups in total. The Bertz CT molecular complexity index is 536. The Labute approximate surface area is 122 Å². The molecule has 1 aromatic rings. The number of ether oxygens (including phenoxy) is 2. The van der Waals surface area contributed by atoms with Gasteiger partial charge >= 0.3 is 11.9 Å². The van der Waals surface area contributed by atoms with E-state index in [0.717, 1.165) is 12.1 Å². The van der Waals surface area contributed by atoms with E-state index in [1.165, 1.54) is 12.1 Å². The van der Waals surface area contributed by atoms with Gasteiger partial charge in [0.2, 0.25) is 0 Å². The van der Waals surface area contributed by atoms with Gasteiger partial charge in [0.15, 0.2) is 5.92 Å². The van der Waals surface area contributed by atoms with Crippen molar-refractivity contribution in [3.8, 4) is 6.07 Å². The standard InChI is InChI=1S/C15H16FNO4/c1-3-20-14(18)12(9-17)13(15(19)21-4-2)10-5-7-11(16)8-6-10/h5-8,12-13H,3-4H2,1-2H3. The maximum Gasteiger partial charge on any atom is 0.324 e. The molecule has 21 heavy (non-hydrogen) atoms. The highest BCUT2D eigenvalue weighted by molar-refractivity contribution is 5.88. The quantitative estimate of drug-likeness (QED) is 0.751. The molecule has 1 rings (SSSR count). The van der Waals surface area contributed by atoms with Crippen LogP contribution in [0.5, 0.6) is 0 Å². The number of hydrogen-bond donors (Lipinski definition) is 0.